The van der Waals surface area contributed by atoms with Crippen molar-refractivity contribution in [2.75, 3.05) is 18.4 Å². The predicted molar refractivity (Wildman–Crippen MR) is 115 cm³/mol. The third kappa shape index (κ3) is 3.83. The molecule has 0 aliphatic carbocycles. The second-order valence-corrected chi connectivity index (χ2v) is 8.25. The number of hydrogen-bond donors (Lipinski definition) is 1. The standard InChI is InChI=1S/C22H24N4OS/c1-3-23-20-18-10-6-7-11-19(18)24-22(25-20)28-15(2)21(27)26-13-12-16-8-4-5-9-17(16)14-26/h4-11,15H,3,12-14H2,1-2H3,(H,23,24,25). The van der Waals surface area contributed by atoms with Gasteiger partial charge < -0.3 is 10.2 Å². The van der Waals surface area contributed by atoms with Gasteiger partial charge in [0.15, 0.2) is 5.16 Å². The number of anilines is 1. The predicted octanol–water partition coefficient (Wildman–Crippen LogP) is 4.13. The molecular formula is C22H24N4OS. The van der Waals surface area contributed by atoms with E-state index in [0.29, 0.717) is 11.7 Å². The summed E-state index contributed by atoms with van der Waals surface area (Å²) < 4.78 is 0. The minimum absolute atomic E-state index is 0.140. The topological polar surface area (TPSA) is 58.1 Å². The molecular weight excluding hydrogens is 368 g/mol. The van der Waals surface area contributed by atoms with Crippen LogP contribution in [0.3, 0.4) is 0 Å². The molecule has 0 saturated carbocycles. The Balaban J connectivity index is 1.52. The van der Waals surface area contributed by atoms with Crippen molar-refractivity contribution < 1.29 is 4.79 Å². The van der Waals surface area contributed by atoms with Crippen molar-refractivity contribution in [2.24, 2.45) is 0 Å². The molecule has 4 rings (SSSR count). The first-order chi connectivity index (χ1) is 13.7. The van der Waals surface area contributed by atoms with Gasteiger partial charge >= 0.3 is 0 Å². The van der Waals surface area contributed by atoms with Crippen LogP contribution in [0, 0.1) is 0 Å². The van der Waals surface area contributed by atoms with E-state index in [1.165, 1.54) is 22.9 Å². The van der Waals surface area contributed by atoms with E-state index in [1.54, 1.807) is 0 Å². The van der Waals surface area contributed by atoms with Gasteiger partial charge in [0.1, 0.15) is 5.82 Å². The molecule has 1 N–H and O–H groups in total. The van der Waals surface area contributed by atoms with Gasteiger partial charge in [0.25, 0.3) is 0 Å². The van der Waals surface area contributed by atoms with Crippen molar-refractivity contribution in [1.82, 2.24) is 14.9 Å². The van der Waals surface area contributed by atoms with Gasteiger partial charge in [-0.1, -0.05) is 48.2 Å². The zero-order valence-electron chi connectivity index (χ0n) is 16.2. The summed E-state index contributed by atoms with van der Waals surface area (Å²) >= 11 is 1.43. The number of nitrogens with zero attached hydrogens (tertiary/aromatic N) is 3. The molecule has 1 aromatic heterocycles. The number of thioether (sulfide) groups is 1. The van der Waals surface area contributed by atoms with E-state index in [4.69, 9.17) is 0 Å². The Morgan fingerprint density at radius 3 is 2.71 bits per heavy atom. The van der Waals surface area contributed by atoms with Crippen LogP contribution >= 0.6 is 11.8 Å². The van der Waals surface area contributed by atoms with E-state index in [9.17, 15) is 4.79 Å². The summed E-state index contributed by atoms with van der Waals surface area (Å²) in [6.07, 6.45) is 0.913. The molecule has 2 aromatic carbocycles. The summed E-state index contributed by atoms with van der Waals surface area (Å²) in [5.41, 5.74) is 3.48. The first-order valence-electron chi connectivity index (χ1n) is 9.68. The van der Waals surface area contributed by atoms with Crippen molar-refractivity contribution in [3.05, 3.63) is 59.7 Å². The monoisotopic (exact) mass is 392 g/mol. The van der Waals surface area contributed by atoms with Gasteiger partial charge in [-0.2, -0.15) is 0 Å². The van der Waals surface area contributed by atoms with Crippen molar-refractivity contribution in [2.45, 2.75) is 37.2 Å². The Morgan fingerprint density at radius 2 is 1.89 bits per heavy atom. The SMILES string of the molecule is CCNc1nc(SC(C)C(=O)N2CCc3ccccc3C2)nc2ccccc12. The summed E-state index contributed by atoms with van der Waals surface area (Å²) in [7, 11) is 0. The summed E-state index contributed by atoms with van der Waals surface area (Å²) in [5.74, 6) is 0.961. The minimum Gasteiger partial charge on any atom is -0.370 e. The van der Waals surface area contributed by atoms with Crippen LogP contribution in [0.5, 0.6) is 0 Å². The number of amides is 1. The molecule has 1 unspecified atom stereocenters. The van der Waals surface area contributed by atoms with Crippen molar-refractivity contribution >= 4 is 34.4 Å². The van der Waals surface area contributed by atoms with Crippen LogP contribution in [0.1, 0.15) is 25.0 Å². The van der Waals surface area contributed by atoms with Crippen LogP contribution < -0.4 is 5.32 Å². The Labute approximate surface area is 169 Å². The molecule has 0 fully saturated rings. The number of aromatic nitrogens is 2. The van der Waals surface area contributed by atoms with Crippen LogP contribution in [-0.4, -0.2) is 39.1 Å². The summed E-state index contributed by atoms with van der Waals surface area (Å²) in [6, 6.07) is 16.3. The number of carbonyl (C=O) groups excluding carboxylic acids is 1. The van der Waals surface area contributed by atoms with Crippen LogP contribution in [0.15, 0.2) is 53.7 Å². The molecule has 1 aliphatic rings. The van der Waals surface area contributed by atoms with Crippen molar-refractivity contribution in [1.29, 1.82) is 0 Å². The molecule has 1 aliphatic heterocycles. The van der Waals surface area contributed by atoms with E-state index in [0.717, 1.165) is 36.2 Å². The fraction of sp³-hybridized carbons (Fsp3) is 0.318. The quantitative estimate of drug-likeness (QED) is 0.523. The molecule has 1 amide bonds. The first kappa shape index (κ1) is 18.7. The van der Waals surface area contributed by atoms with Gasteiger partial charge in [0.2, 0.25) is 5.91 Å². The fourth-order valence-electron chi connectivity index (χ4n) is 3.56. The summed E-state index contributed by atoms with van der Waals surface area (Å²) in [4.78, 5) is 24.3. The number of hydrogen-bond acceptors (Lipinski definition) is 5. The second kappa shape index (κ2) is 8.19. The number of carbonyl (C=O) groups is 1. The molecule has 0 saturated heterocycles. The minimum atomic E-state index is -0.235. The second-order valence-electron chi connectivity index (χ2n) is 6.94. The maximum atomic E-state index is 13.0. The van der Waals surface area contributed by atoms with E-state index >= 15 is 0 Å². The third-order valence-electron chi connectivity index (χ3n) is 5.00. The van der Waals surface area contributed by atoms with E-state index in [-0.39, 0.29) is 11.2 Å². The third-order valence-corrected chi connectivity index (χ3v) is 5.95. The average Bonchev–Trinajstić information content (AvgIpc) is 2.73. The molecule has 3 aromatic rings. The summed E-state index contributed by atoms with van der Waals surface area (Å²) in [5, 5.41) is 4.71. The van der Waals surface area contributed by atoms with Crippen LogP contribution in [0.2, 0.25) is 0 Å². The lowest BCUT2D eigenvalue weighted by Crippen LogP contribution is -2.40. The normalized spacial score (nSPS) is 14.6. The van der Waals surface area contributed by atoms with Gasteiger partial charge in [-0.15, -0.1) is 0 Å². The smallest absolute Gasteiger partial charge is 0.236 e. The molecule has 0 spiro atoms. The zero-order chi connectivity index (χ0) is 19.5. The number of fused-ring (bicyclic) bond motifs is 2. The van der Waals surface area contributed by atoms with Gasteiger partial charge in [0, 0.05) is 25.0 Å². The van der Waals surface area contributed by atoms with Gasteiger partial charge in [-0.3, -0.25) is 4.79 Å². The van der Waals surface area contributed by atoms with E-state index < -0.39 is 0 Å². The van der Waals surface area contributed by atoms with Gasteiger partial charge in [0.05, 0.1) is 10.8 Å². The molecule has 144 valence electrons. The highest BCUT2D eigenvalue weighted by Gasteiger charge is 2.26. The lowest BCUT2D eigenvalue weighted by Gasteiger charge is -2.30. The van der Waals surface area contributed by atoms with E-state index in [1.807, 2.05) is 49.1 Å². The largest absolute Gasteiger partial charge is 0.370 e. The van der Waals surface area contributed by atoms with E-state index in [2.05, 4.69) is 33.5 Å². The highest BCUT2D eigenvalue weighted by atomic mass is 32.2. The van der Waals surface area contributed by atoms with Gasteiger partial charge in [-0.25, -0.2) is 9.97 Å². The Bertz CT molecular complexity index is 1010. The van der Waals surface area contributed by atoms with Crippen LogP contribution in [0.25, 0.3) is 10.9 Å². The molecule has 6 heteroatoms. The highest BCUT2D eigenvalue weighted by Crippen LogP contribution is 2.28. The summed E-state index contributed by atoms with van der Waals surface area (Å²) in [6.45, 7) is 6.22. The highest BCUT2D eigenvalue weighted by molar-refractivity contribution is 8.00. The molecule has 5 nitrogen and oxygen atoms in total. The molecule has 2 heterocycles. The maximum Gasteiger partial charge on any atom is 0.236 e. The van der Waals surface area contributed by atoms with Crippen molar-refractivity contribution in [3.8, 4) is 0 Å². The zero-order valence-corrected chi connectivity index (χ0v) is 17.0. The Morgan fingerprint density at radius 1 is 1.14 bits per heavy atom. The maximum absolute atomic E-state index is 13.0. The Hall–Kier alpha value is -2.60. The number of benzene rings is 2. The molecule has 0 radical (unpaired) electrons. The lowest BCUT2D eigenvalue weighted by atomic mass is 10.00. The number of rotatable bonds is 5. The number of para-hydroxylation sites is 1. The fourth-order valence-corrected chi connectivity index (χ4v) is 4.42. The molecule has 0 bridgehead atoms. The average molecular weight is 393 g/mol. The van der Waals surface area contributed by atoms with Gasteiger partial charge in [-0.05, 0) is 43.5 Å². The van der Waals surface area contributed by atoms with Crippen molar-refractivity contribution in [3.63, 3.8) is 0 Å². The van der Waals surface area contributed by atoms with Crippen LogP contribution in [-0.2, 0) is 17.8 Å². The first-order valence-corrected chi connectivity index (χ1v) is 10.6. The Kier molecular flexibility index (Phi) is 5.48. The molecule has 1 atom stereocenters. The number of nitrogens with one attached hydrogen (secondary N) is 1. The molecule has 28 heavy (non-hydrogen) atoms. The lowest BCUT2D eigenvalue weighted by molar-refractivity contribution is -0.131. The van der Waals surface area contributed by atoms with Crippen LogP contribution in [0.4, 0.5) is 5.82 Å².